The summed E-state index contributed by atoms with van der Waals surface area (Å²) in [7, 11) is 0. The van der Waals surface area contributed by atoms with Gasteiger partial charge in [0, 0.05) is 29.2 Å². The van der Waals surface area contributed by atoms with Gasteiger partial charge in [-0.25, -0.2) is 0 Å². The lowest BCUT2D eigenvalue weighted by Crippen LogP contribution is -2.28. The van der Waals surface area contributed by atoms with E-state index in [1.807, 2.05) is 61.7 Å². The first-order chi connectivity index (χ1) is 11.6. The van der Waals surface area contributed by atoms with Gasteiger partial charge in [-0.15, -0.1) is 11.8 Å². The zero-order valence-electron chi connectivity index (χ0n) is 13.8. The van der Waals surface area contributed by atoms with Gasteiger partial charge in [0.2, 0.25) is 11.8 Å². The van der Waals surface area contributed by atoms with E-state index >= 15 is 0 Å². The predicted molar refractivity (Wildman–Crippen MR) is 98.5 cm³/mol. The van der Waals surface area contributed by atoms with Crippen molar-refractivity contribution in [2.75, 3.05) is 23.0 Å². The summed E-state index contributed by atoms with van der Waals surface area (Å²) in [6, 6.07) is 15.5. The molecular formula is C19H20N2O2S. The van der Waals surface area contributed by atoms with Crippen molar-refractivity contribution >= 4 is 35.0 Å². The lowest BCUT2D eigenvalue weighted by molar-refractivity contribution is -0.122. The molecule has 124 valence electrons. The van der Waals surface area contributed by atoms with Gasteiger partial charge in [0.15, 0.2) is 0 Å². The molecule has 1 unspecified atom stereocenters. The van der Waals surface area contributed by atoms with Crippen molar-refractivity contribution in [2.24, 2.45) is 5.92 Å². The van der Waals surface area contributed by atoms with Gasteiger partial charge < -0.3 is 10.2 Å². The van der Waals surface area contributed by atoms with Gasteiger partial charge in [0.1, 0.15) is 0 Å². The van der Waals surface area contributed by atoms with Gasteiger partial charge in [-0.2, -0.15) is 0 Å². The van der Waals surface area contributed by atoms with E-state index < -0.39 is 0 Å². The van der Waals surface area contributed by atoms with E-state index in [0.29, 0.717) is 6.54 Å². The second-order valence-corrected chi connectivity index (χ2v) is 6.79. The number of aryl methyl sites for hydroxylation is 1. The molecule has 5 heteroatoms. The monoisotopic (exact) mass is 340 g/mol. The van der Waals surface area contributed by atoms with Gasteiger partial charge in [-0.05, 0) is 43.0 Å². The van der Waals surface area contributed by atoms with E-state index in [4.69, 9.17) is 0 Å². The highest BCUT2D eigenvalue weighted by Gasteiger charge is 2.35. The minimum atomic E-state index is -0.324. The lowest BCUT2D eigenvalue weighted by Gasteiger charge is -2.19. The Hall–Kier alpha value is -2.27. The SMILES string of the molecule is CSc1cccc(NC(=O)C2CC(=O)N(c3ccccc3C)C2)c1. The lowest BCUT2D eigenvalue weighted by atomic mass is 10.1. The molecule has 1 aliphatic rings. The molecular weight excluding hydrogens is 320 g/mol. The largest absolute Gasteiger partial charge is 0.326 e. The van der Waals surface area contributed by atoms with Crippen LogP contribution in [0.3, 0.4) is 0 Å². The first-order valence-electron chi connectivity index (χ1n) is 7.89. The molecule has 1 aliphatic heterocycles. The maximum absolute atomic E-state index is 12.5. The molecule has 24 heavy (non-hydrogen) atoms. The molecule has 1 saturated heterocycles. The fourth-order valence-electron chi connectivity index (χ4n) is 2.93. The highest BCUT2D eigenvalue weighted by Crippen LogP contribution is 2.28. The molecule has 3 rings (SSSR count). The number of thioether (sulfide) groups is 1. The van der Waals surface area contributed by atoms with Crippen molar-refractivity contribution in [3.63, 3.8) is 0 Å². The summed E-state index contributed by atoms with van der Waals surface area (Å²) >= 11 is 1.63. The maximum atomic E-state index is 12.5. The summed E-state index contributed by atoms with van der Waals surface area (Å²) in [6.45, 7) is 2.40. The number of hydrogen-bond donors (Lipinski definition) is 1. The number of nitrogens with zero attached hydrogens (tertiary/aromatic N) is 1. The van der Waals surface area contributed by atoms with Crippen LogP contribution in [0.15, 0.2) is 53.4 Å². The van der Waals surface area contributed by atoms with Gasteiger partial charge >= 0.3 is 0 Å². The minimum absolute atomic E-state index is 0.00214. The minimum Gasteiger partial charge on any atom is -0.326 e. The van der Waals surface area contributed by atoms with E-state index in [9.17, 15) is 9.59 Å². The summed E-state index contributed by atoms with van der Waals surface area (Å²) in [5, 5.41) is 2.93. The Morgan fingerprint density at radius 2 is 2.00 bits per heavy atom. The van der Waals surface area contributed by atoms with E-state index in [1.54, 1.807) is 16.7 Å². The molecule has 0 aliphatic carbocycles. The zero-order chi connectivity index (χ0) is 17.1. The van der Waals surface area contributed by atoms with Crippen LogP contribution in [0.25, 0.3) is 0 Å². The summed E-state index contributed by atoms with van der Waals surface area (Å²) in [4.78, 5) is 27.7. The van der Waals surface area contributed by atoms with Crippen LogP contribution < -0.4 is 10.2 Å². The van der Waals surface area contributed by atoms with Gasteiger partial charge in [0.25, 0.3) is 0 Å². The zero-order valence-corrected chi connectivity index (χ0v) is 14.6. The van der Waals surface area contributed by atoms with Gasteiger partial charge in [-0.1, -0.05) is 24.3 Å². The van der Waals surface area contributed by atoms with Crippen LogP contribution >= 0.6 is 11.8 Å². The average molecular weight is 340 g/mol. The number of nitrogens with one attached hydrogen (secondary N) is 1. The van der Waals surface area contributed by atoms with E-state index in [1.165, 1.54) is 0 Å². The predicted octanol–water partition coefficient (Wildman–Crippen LogP) is 3.71. The summed E-state index contributed by atoms with van der Waals surface area (Å²) < 4.78 is 0. The first-order valence-corrected chi connectivity index (χ1v) is 9.12. The molecule has 0 spiro atoms. The van der Waals surface area contributed by atoms with E-state index in [2.05, 4.69) is 5.32 Å². The number of para-hydroxylation sites is 1. The van der Waals surface area contributed by atoms with Gasteiger partial charge in [0.05, 0.1) is 5.92 Å². The molecule has 1 fully saturated rings. The standard InChI is InChI=1S/C19H20N2O2S/c1-13-6-3-4-9-17(13)21-12-14(10-18(21)22)19(23)20-15-7-5-8-16(11-15)24-2/h3-9,11,14H,10,12H2,1-2H3,(H,20,23). The van der Waals surface area contributed by atoms with Crippen LogP contribution in [0.5, 0.6) is 0 Å². The van der Waals surface area contributed by atoms with Crippen LogP contribution in [-0.4, -0.2) is 24.6 Å². The Morgan fingerprint density at radius 3 is 2.75 bits per heavy atom. The molecule has 2 aromatic rings. The Bertz CT molecular complexity index is 775. The second-order valence-electron chi connectivity index (χ2n) is 5.91. The van der Waals surface area contributed by atoms with Crippen molar-refractivity contribution in [2.45, 2.75) is 18.2 Å². The fraction of sp³-hybridized carbons (Fsp3) is 0.263. The molecule has 0 radical (unpaired) electrons. The summed E-state index contributed by atoms with van der Waals surface area (Å²) in [6.07, 6.45) is 2.25. The summed E-state index contributed by atoms with van der Waals surface area (Å²) in [5.74, 6) is -0.421. The van der Waals surface area contributed by atoms with E-state index in [-0.39, 0.29) is 24.2 Å². The van der Waals surface area contributed by atoms with Crippen molar-refractivity contribution < 1.29 is 9.59 Å². The third-order valence-corrected chi connectivity index (χ3v) is 4.96. The van der Waals surface area contributed by atoms with Crippen molar-refractivity contribution in [3.05, 3.63) is 54.1 Å². The molecule has 1 N–H and O–H groups in total. The molecule has 1 heterocycles. The molecule has 0 saturated carbocycles. The fourth-order valence-corrected chi connectivity index (χ4v) is 3.39. The molecule has 4 nitrogen and oxygen atoms in total. The number of carbonyl (C=O) groups excluding carboxylic acids is 2. The van der Waals surface area contributed by atoms with Crippen molar-refractivity contribution in [3.8, 4) is 0 Å². The van der Waals surface area contributed by atoms with Crippen LogP contribution in [-0.2, 0) is 9.59 Å². The Balaban J connectivity index is 1.71. The Kier molecular flexibility index (Phi) is 4.90. The smallest absolute Gasteiger partial charge is 0.229 e. The number of amides is 2. The van der Waals surface area contributed by atoms with Crippen LogP contribution in [0, 0.1) is 12.8 Å². The second kappa shape index (κ2) is 7.09. The van der Waals surface area contributed by atoms with Gasteiger partial charge in [-0.3, -0.25) is 9.59 Å². The molecule has 0 bridgehead atoms. The molecule has 1 atom stereocenters. The first kappa shape index (κ1) is 16.6. The number of carbonyl (C=O) groups is 2. The number of anilines is 2. The topological polar surface area (TPSA) is 49.4 Å². The van der Waals surface area contributed by atoms with Crippen LogP contribution in [0.1, 0.15) is 12.0 Å². The molecule has 2 amide bonds. The normalized spacial score (nSPS) is 17.2. The maximum Gasteiger partial charge on any atom is 0.229 e. The number of hydrogen-bond acceptors (Lipinski definition) is 3. The molecule has 0 aromatic heterocycles. The van der Waals surface area contributed by atoms with Crippen LogP contribution in [0.2, 0.25) is 0 Å². The van der Waals surface area contributed by atoms with Crippen molar-refractivity contribution in [1.82, 2.24) is 0 Å². The Morgan fingerprint density at radius 1 is 1.21 bits per heavy atom. The highest BCUT2D eigenvalue weighted by molar-refractivity contribution is 7.98. The molecule has 2 aromatic carbocycles. The third kappa shape index (κ3) is 3.46. The third-order valence-electron chi connectivity index (χ3n) is 4.24. The van der Waals surface area contributed by atoms with E-state index in [0.717, 1.165) is 21.8 Å². The van der Waals surface area contributed by atoms with Crippen molar-refractivity contribution in [1.29, 1.82) is 0 Å². The quantitative estimate of drug-likeness (QED) is 0.863. The Labute approximate surface area is 146 Å². The van der Waals surface area contributed by atoms with Crippen LogP contribution in [0.4, 0.5) is 11.4 Å². The highest BCUT2D eigenvalue weighted by atomic mass is 32.2. The average Bonchev–Trinajstić information content (AvgIpc) is 2.97. The number of rotatable bonds is 4. The summed E-state index contributed by atoms with van der Waals surface area (Å²) in [5.41, 5.74) is 2.70. The number of benzene rings is 2.